The van der Waals surface area contributed by atoms with Crippen molar-refractivity contribution in [2.75, 3.05) is 6.54 Å². The Bertz CT molecular complexity index is 886. The summed E-state index contributed by atoms with van der Waals surface area (Å²) in [5.74, 6) is 1.08. The predicted octanol–water partition coefficient (Wildman–Crippen LogP) is 4.26. The van der Waals surface area contributed by atoms with Crippen molar-refractivity contribution in [1.29, 1.82) is 0 Å². The van der Waals surface area contributed by atoms with Crippen molar-refractivity contribution in [2.24, 2.45) is 0 Å². The summed E-state index contributed by atoms with van der Waals surface area (Å²) >= 11 is 0. The summed E-state index contributed by atoms with van der Waals surface area (Å²) in [5, 5.41) is 10.4. The first-order valence-corrected chi connectivity index (χ1v) is 10.6. The van der Waals surface area contributed by atoms with E-state index >= 15 is 0 Å². The molecule has 0 bridgehead atoms. The smallest absolute Gasteiger partial charge is 0.254 e. The molecule has 1 N–H and O–H groups in total. The summed E-state index contributed by atoms with van der Waals surface area (Å²) in [6, 6.07) is 11.8. The highest BCUT2D eigenvalue weighted by Gasteiger charge is 2.35. The largest absolute Gasteiger partial charge is 0.472 e. The highest BCUT2D eigenvalue weighted by Crippen LogP contribution is 2.42. The van der Waals surface area contributed by atoms with Crippen LogP contribution in [0.3, 0.4) is 0 Å². The topological polar surface area (TPSA) is 62.7 Å². The number of carbonyl (C=O) groups excluding carboxylic acids is 1. The Hall–Kier alpha value is -2.40. The molecule has 2 heterocycles. The monoisotopic (exact) mass is 394 g/mol. The number of benzene rings is 1. The fraction of sp³-hybridized carbons (Fsp3) is 0.500. The van der Waals surface area contributed by atoms with Crippen molar-refractivity contribution in [3.05, 3.63) is 59.3 Å². The van der Waals surface area contributed by atoms with Gasteiger partial charge in [0, 0.05) is 23.4 Å². The molecule has 29 heavy (non-hydrogen) atoms. The normalized spacial score (nSPS) is 22.4. The molecular weight excluding hydrogens is 364 g/mol. The molecule has 1 amide bonds. The number of amides is 1. The van der Waals surface area contributed by atoms with Crippen molar-refractivity contribution in [3.63, 3.8) is 0 Å². The third-order valence-corrected chi connectivity index (χ3v) is 6.02. The van der Waals surface area contributed by atoms with Gasteiger partial charge in [0.2, 0.25) is 5.88 Å². The van der Waals surface area contributed by atoms with E-state index in [1.165, 1.54) is 18.4 Å². The number of likely N-dealkylation sites (tertiary alicyclic amines) is 1. The maximum Gasteiger partial charge on any atom is 0.254 e. The second kappa shape index (κ2) is 7.79. The van der Waals surface area contributed by atoms with Crippen LogP contribution in [0, 0.1) is 0 Å². The standard InChI is InChI=1S/C24H30N2O3/c1-16-10-13-18(29-22-21(24(2,3)28)9-6-14-25-22)15-26(16)23(27)20-8-5-4-7-19(20)17-11-12-17/h4-9,14,16-18,28H,10-13,15H2,1-3H3. The summed E-state index contributed by atoms with van der Waals surface area (Å²) < 4.78 is 6.20. The number of nitrogens with zero attached hydrogens (tertiary/aromatic N) is 2. The van der Waals surface area contributed by atoms with Crippen LogP contribution >= 0.6 is 0 Å². The third-order valence-electron chi connectivity index (χ3n) is 6.02. The average Bonchev–Trinajstić information content (AvgIpc) is 3.54. The number of hydrogen-bond donors (Lipinski definition) is 1. The van der Waals surface area contributed by atoms with Crippen molar-refractivity contribution < 1.29 is 14.6 Å². The molecule has 0 radical (unpaired) electrons. The lowest BCUT2D eigenvalue weighted by Crippen LogP contribution is -2.49. The van der Waals surface area contributed by atoms with Gasteiger partial charge in [0.1, 0.15) is 6.10 Å². The Morgan fingerprint density at radius 1 is 1.14 bits per heavy atom. The summed E-state index contributed by atoms with van der Waals surface area (Å²) in [5.41, 5.74) is 1.64. The number of carbonyl (C=O) groups is 1. The van der Waals surface area contributed by atoms with Gasteiger partial charge in [-0.25, -0.2) is 4.98 Å². The van der Waals surface area contributed by atoms with Gasteiger partial charge in [-0.1, -0.05) is 18.2 Å². The van der Waals surface area contributed by atoms with Crippen molar-refractivity contribution in [2.45, 2.75) is 70.1 Å². The van der Waals surface area contributed by atoms with Crippen LogP contribution in [0.5, 0.6) is 5.88 Å². The van der Waals surface area contributed by atoms with Gasteiger partial charge in [-0.15, -0.1) is 0 Å². The number of pyridine rings is 1. The first kappa shape index (κ1) is 19.9. The second-order valence-corrected chi connectivity index (χ2v) is 8.90. The Kier molecular flexibility index (Phi) is 5.34. The molecule has 2 atom stereocenters. The SMILES string of the molecule is CC1CCC(Oc2ncccc2C(C)(C)O)CN1C(=O)c1ccccc1C1CC1. The van der Waals surface area contributed by atoms with E-state index in [4.69, 9.17) is 4.74 Å². The quantitative estimate of drug-likeness (QED) is 0.823. The Labute approximate surface area is 172 Å². The van der Waals surface area contributed by atoms with Crippen LogP contribution in [-0.4, -0.2) is 39.6 Å². The Morgan fingerprint density at radius 3 is 2.62 bits per heavy atom. The second-order valence-electron chi connectivity index (χ2n) is 8.90. The third kappa shape index (κ3) is 4.30. The van der Waals surface area contributed by atoms with Gasteiger partial charge in [0.15, 0.2) is 0 Å². The van der Waals surface area contributed by atoms with Gasteiger partial charge in [0.05, 0.1) is 12.1 Å². The lowest BCUT2D eigenvalue weighted by atomic mass is 9.97. The summed E-state index contributed by atoms with van der Waals surface area (Å²) in [7, 11) is 0. The number of aliphatic hydroxyl groups is 1. The first-order chi connectivity index (χ1) is 13.8. The summed E-state index contributed by atoms with van der Waals surface area (Å²) in [6.45, 7) is 6.09. The van der Waals surface area contributed by atoms with E-state index in [-0.39, 0.29) is 18.1 Å². The average molecular weight is 395 g/mol. The summed E-state index contributed by atoms with van der Waals surface area (Å²) in [6.07, 6.45) is 5.61. The number of ether oxygens (including phenoxy) is 1. The van der Waals surface area contributed by atoms with Gasteiger partial charge < -0.3 is 14.7 Å². The molecule has 5 heteroatoms. The molecule has 0 spiro atoms. The maximum absolute atomic E-state index is 13.4. The molecule has 2 unspecified atom stereocenters. The fourth-order valence-corrected chi connectivity index (χ4v) is 4.16. The van der Waals surface area contributed by atoms with Crippen LogP contribution in [0.25, 0.3) is 0 Å². The number of hydrogen-bond acceptors (Lipinski definition) is 4. The molecule has 1 aliphatic heterocycles. The minimum atomic E-state index is -1.04. The maximum atomic E-state index is 13.4. The van der Waals surface area contributed by atoms with E-state index in [0.29, 0.717) is 23.9 Å². The minimum Gasteiger partial charge on any atom is -0.472 e. The molecular formula is C24H30N2O3. The lowest BCUT2D eigenvalue weighted by Gasteiger charge is -2.38. The van der Waals surface area contributed by atoms with Crippen LogP contribution in [0.1, 0.15) is 73.9 Å². The molecule has 4 rings (SSSR count). The highest BCUT2D eigenvalue weighted by molar-refractivity contribution is 5.96. The zero-order valence-electron chi connectivity index (χ0n) is 17.5. The van der Waals surface area contributed by atoms with Gasteiger partial charge in [-0.05, 0) is 76.1 Å². The van der Waals surface area contributed by atoms with Crippen LogP contribution in [-0.2, 0) is 5.60 Å². The zero-order chi connectivity index (χ0) is 20.6. The van der Waals surface area contributed by atoms with E-state index in [1.54, 1.807) is 26.1 Å². The van der Waals surface area contributed by atoms with Crippen molar-refractivity contribution in [1.82, 2.24) is 9.88 Å². The molecule has 154 valence electrons. The zero-order valence-corrected chi connectivity index (χ0v) is 17.5. The lowest BCUT2D eigenvalue weighted by molar-refractivity contribution is 0.0325. The number of piperidine rings is 1. The number of rotatable bonds is 5. The van der Waals surface area contributed by atoms with Crippen molar-refractivity contribution in [3.8, 4) is 5.88 Å². The molecule has 2 aromatic rings. The number of aromatic nitrogens is 1. The van der Waals surface area contributed by atoms with Crippen molar-refractivity contribution >= 4 is 5.91 Å². The molecule has 1 saturated carbocycles. The molecule has 5 nitrogen and oxygen atoms in total. The Balaban J connectivity index is 1.53. The van der Waals surface area contributed by atoms with E-state index in [2.05, 4.69) is 18.0 Å². The fourth-order valence-electron chi connectivity index (χ4n) is 4.16. The van der Waals surface area contributed by atoms with E-state index in [1.807, 2.05) is 29.2 Å². The van der Waals surface area contributed by atoms with Gasteiger partial charge in [0.25, 0.3) is 5.91 Å². The molecule has 1 saturated heterocycles. The molecule has 1 aromatic heterocycles. The molecule has 1 aliphatic carbocycles. The Morgan fingerprint density at radius 2 is 1.90 bits per heavy atom. The van der Waals surface area contributed by atoms with Gasteiger partial charge >= 0.3 is 0 Å². The van der Waals surface area contributed by atoms with Crippen LogP contribution in [0.4, 0.5) is 0 Å². The van der Waals surface area contributed by atoms with E-state index < -0.39 is 5.60 Å². The van der Waals surface area contributed by atoms with E-state index in [9.17, 15) is 9.90 Å². The van der Waals surface area contributed by atoms with Gasteiger partial charge in [-0.3, -0.25) is 4.79 Å². The highest BCUT2D eigenvalue weighted by atomic mass is 16.5. The minimum absolute atomic E-state index is 0.0945. The van der Waals surface area contributed by atoms with Crippen LogP contribution in [0.2, 0.25) is 0 Å². The van der Waals surface area contributed by atoms with E-state index in [0.717, 1.165) is 18.4 Å². The molecule has 1 aromatic carbocycles. The van der Waals surface area contributed by atoms with Gasteiger partial charge in [-0.2, -0.15) is 0 Å². The van der Waals surface area contributed by atoms with Crippen LogP contribution < -0.4 is 4.74 Å². The van der Waals surface area contributed by atoms with Crippen LogP contribution in [0.15, 0.2) is 42.6 Å². The first-order valence-electron chi connectivity index (χ1n) is 10.6. The molecule has 2 fully saturated rings. The predicted molar refractivity (Wildman–Crippen MR) is 112 cm³/mol. The molecule has 2 aliphatic rings. The summed E-state index contributed by atoms with van der Waals surface area (Å²) in [4.78, 5) is 19.7.